The van der Waals surface area contributed by atoms with Gasteiger partial charge >= 0.3 is 5.97 Å². The van der Waals surface area contributed by atoms with Crippen LogP contribution in [0.1, 0.15) is 12.8 Å². The number of morpholine rings is 1. The molecule has 0 spiro atoms. The Kier molecular flexibility index (Phi) is 5.55. The summed E-state index contributed by atoms with van der Waals surface area (Å²) in [6.45, 7) is 1.97. The molecule has 8 nitrogen and oxygen atoms in total. The lowest BCUT2D eigenvalue weighted by atomic mass is 9.99. The summed E-state index contributed by atoms with van der Waals surface area (Å²) in [6, 6.07) is 0. The zero-order chi connectivity index (χ0) is 15.5. The van der Waals surface area contributed by atoms with Gasteiger partial charge < -0.3 is 15.2 Å². The molecule has 2 saturated heterocycles. The van der Waals surface area contributed by atoms with Crippen molar-refractivity contribution in [3.63, 3.8) is 0 Å². The zero-order valence-electron chi connectivity index (χ0n) is 12.2. The fourth-order valence-electron chi connectivity index (χ4n) is 2.70. The third-order valence-electron chi connectivity index (χ3n) is 4.01. The first kappa shape index (κ1) is 16.6. The standard InChI is InChI=1S/C12H23N3O5S/c1-19-12(16)10-2-4-14(5-3-10)21(17,18)15-6-7-20-11(8-13)9-15/h10-11H,2-9,13H2,1H3. The first-order valence-corrected chi connectivity index (χ1v) is 8.53. The molecule has 0 aromatic carbocycles. The SMILES string of the molecule is COC(=O)C1CCN(S(=O)(=O)N2CCOC(CN)C2)CC1. The second kappa shape index (κ2) is 7.01. The maximum absolute atomic E-state index is 12.6. The van der Waals surface area contributed by atoms with Crippen LogP contribution in [0.5, 0.6) is 0 Å². The van der Waals surface area contributed by atoms with E-state index in [0.29, 0.717) is 45.6 Å². The van der Waals surface area contributed by atoms with Crippen LogP contribution in [0.3, 0.4) is 0 Å². The molecule has 9 heteroatoms. The first-order valence-electron chi connectivity index (χ1n) is 7.13. The number of hydrogen-bond donors (Lipinski definition) is 1. The van der Waals surface area contributed by atoms with Crippen LogP contribution in [0.4, 0.5) is 0 Å². The Hall–Kier alpha value is -0.740. The quantitative estimate of drug-likeness (QED) is 0.651. The number of carbonyl (C=O) groups is 1. The number of hydrogen-bond acceptors (Lipinski definition) is 6. The van der Waals surface area contributed by atoms with E-state index in [1.807, 2.05) is 0 Å². The number of piperidine rings is 1. The molecule has 2 rings (SSSR count). The van der Waals surface area contributed by atoms with Gasteiger partial charge in [0.05, 0.1) is 25.7 Å². The van der Waals surface area contributed by atoms with Crippen molar-refractivity contribution in [2.24, 2.45) is 11.7 Å². The summed E-state index contributed by atoms with van der Waals surface area (Å²) < 4.78 is 38.1. The lowest BCUT2D eigenvalue weighted by molar-refractivity contribution is -0.146. The van der Waals surface area contributed by atoms with E-state index in [4.69, 9.17) is 15.2 Å². The van der Waals surface area contributed by atoms with Gasteiger partial charge in [-0.15, -0.1) is 0 Å². The van der Waals surface area contributed by atoms with Crippen LogP contribution in [-0.4, -0.2) is 75.5 Å². The van der Waals surface area contributed by atoms with Gasteiger partial charge in [0.1, 0.15) is 0 Å². The Labute approximate surface area is 125 Å². The Morgan fingerprint density at radius 2 is 1.95 bits per heavy atom. The molecule has 0 amide bonds. The van der Waals surface area contributed by atoms with Crippen LogP contribution in [0.2, 0.25) is 0 Å². The predicted molar refractivity (Wildman–Crippen MR) is 75.6 cm³/mol. The van der Waals surface area contributed by atoms with Crippen molar-refractivity contribution in [3.8, 4) is 0 Å². The average Bonchev–Trinajstić information content (AvgIpc) is 2.54. The predicted octanol–water partition coefficient (Wildman–Crippen LogP) is -1.22. The van der Waals surface area contributed by atoms with E-state index in [-0.39, 0.29) is 24.5 Å². The molecule has 1 atom stereocenters. The van der Waals surface area contributed by atoms with Gasteiger partial charge in [0.2, 0.25) is 0 Å². The molecule has 2 fully saturated rings. The second-order valence-corrected chi connectivity index (χ2v) is 7.22. The van der Waals surface area contributed by atoms with Gasteiger partial charge in [-0.05, 0) is 12.8 Å². The fraction of sp³-hybridized carbons (Fsp3) is 0.917. The molecule has 2 N–H and O–H groups in total. The molecule has 2 aliphatic heterocycles. The van der Waals surface area contributed by atoms with Crippen LogP contribution >= 0.6 is 0 Å². The number of nitrogens with zero attached hydrogens (tertiary/aromatic N) is 2. The Bertz CT molecular complexity index is 462. The molecule has 21 heavy (non-hydrogen) atoms. The Morgan fingerprint density at radius 1 is 1.29 bits per heavy atom. The molecular formula is C12H23N3O5S. The summed E-state index contributed by atoms with van der Waals surface area (Å²) in [5.74, 6) is -0.468. The van der Waals surface area contributed by atoms with Crippen molar-refractivity contribution in [1.29, 1.82) is 0 Å². The molecule has 0 aromatic heterocycles. The van der Waals surface area contributed by atoms with Gasteiger partial charge in [0.25, 0.3) is 10.2 Å². The summed E-state index contributed by atoms with van der Waals surface area (Å²) in [7, 11) is -2.15. The Morgan fingerprint density at radius 3 is 2.52 bits per heavy atom. The van der Waals surface area contributed by atoms with E-state index in [1.54, 1.807) is 0 Å². The highest BCUT2D eigenvalue weighted by Crippen LogP contribution is 2.23. The molecule has 0 aromatic rings. The fourth-order valence-corrected chi connectivity index (χ4v) is 4.36. The van der Waals surface area contributed by atoms with Gasteiger partial charge in [-0.3, -0.25) is 4.79 Å². The van der Waals surface area contributed by atoms with Crippen molar-refractivity contribution in [1.82, 2.24) is 8.61 Å². The zero-order valence-corrected chi connectivity index (χ0v) is 13.0. The van der Waals surface area contributed by atoms with Crippen molar-refractivity contribution >= 4 is 16.2 Å². The van der Waals surface area contributed by atoms with Gasteiger partial charge in [-0.2, -0.15) is 17.0 Å². The lowest BCUT2D eigenvalue weighted by Crippen LogP contribution is -2.54. The summed E-state index contributed by atoms with van der Waals surface area (Å²) >= 11 is 0. The van der Waals surface area contributed by atoms with Crippen LogP contribution in [0.15, 0.2) is 0 Å². The van der Waals surface area contributed by atoms with Crippen molar-refractivity contribution in [3.05, 3.63) is 0 Å². The minimum atomic E-state index is -3.50. The summed E-state index contributed by atoms with van der Waals surface area (Å²) in [4.78, 5) is 11.5. The minimum absolute atomic E-state index is 0.206. The van der Waals surface area contributed by atoms with Crippen LogP contribution < -0.4 is 5.73 Å². The van der Waals surface area contributed by atoms with Crippen molar-refractivity contribution < 1.29 is 22.7 Å². The lowest BCUT2D eigenvalue weighted by Gasteiger charge is -2.37. The van der Waals surface area contributed by atoms with Gasteiger partial charge in [0.15, 0.2) is 0 Å². The van der Waals surface area contributed by atoms with E-state index >= 15 is 0 Å². The maximum Gasteiger partial charge on any atom is 0.308 e. The monoisotopic (exact) mass is 321 g/mol. The van der Waals surface area contributed by atoms with Crippen molar-refractivity contribution in [2.75, 3.05) is 46.4 Å². The first-order chi connectivity index (χ1) is 9.98. The molecule has 2 aliphatic rings. The summed E-state index contributed by atoms with van der Waals surface area (Å²) in [5, 5.41) is 0. The Balaban J connectivity index is 1.96. The highest BCUT2D eigenvalue weighted by Gasteiger charge is 2.37. The van der Waals surface area contributed by atoms with Crippen LogP contribution in [0, 0.1) is 5.92 Å². The topological polar surface area (TPSA) is 102 Å². The molecule has 0 saturated carbocycles. The normalized spacial score (nSPS) is 26.7. The number of methoxy groups -OCH3 is 1. The van der Waals surface area contributed by atoms with Crippen LogP contribution in [0.25, 0.3) is 0 Å². The maximum atomic E-state index is 12.6. The third-order valence-corrected chi connectivity index (χ3v) is 6.01. The molecule has 0 aliphatic carbocycles. The minimum Gasteiger partial charge on any atom is -0.469 e. The summed E-state index contributed by atoms with van der Waals surface area (Å²) in [6.07, 6.45) is 0.744. The third kappa shape index (κ3) is 3.72. The van der Waals surface area contributed by atoms with Crippen LogP contribution in [-0.2, 0) is 24.5 Å². The molecule has 1 unspecified atom stereocenters. The molecule has 0 radical (unpaired) electrons. The van der Waals surface area contributed by atoms with Gasteiger partial charge in [-0.1, -0.05) is 0 Å². The molecular weight excluding hydrogens is 298 g/mol. The largest absolute Gasteiger partial charge is 0.469 e. The van der Waals surface area contributed by atoms with E-state index < -0.39 is 10.2 Å². The highest BCUT2D eigenvalue weighted by molar-refractivity contribution is 7.86. The van der Waals surface area contributed by atoms with E-state index in [2.05, 4.69) is 0 Å². The van der Waals surface area contributed by atoms with E-state index in [0.717, 1.165) is 0 Å². The van der Waals surface area contributed by atoms with E-state index in [1.165, 1.54) is 15.7 Å². The molecule has 2 heterocycles. The highest BCUT2D eigenvalue weighted by atomic mass is 32.2. The van der Waals surface area contributed by atoms with Gasteiger partial charge in [0, 0.05) is 32.7 Å². The number of ether oxygens (including phenoxy) is 2. The average molecular weight is 321 g/mol. The van der Waals surface area contributed by atoms with Gasteiger partial charge in [-0.25, -0.2) is 0 Å². The summed E-state index contributed by atoms with van der Waals surface area (Å²) in [5.41, 5.74) is 5.54. The number of esters is 1. The molecule has 0 bridgehead atoms. The number of carbonyl (C=O) groups excluding carboxylic acids is 1. The number of rotatable bonds is 4. The number of nitrogens with two attached hydrogens (primary N) is 1. The smallest absolute Gasteiger partial charge is 0.308 e. The second-order valence-electron chi connectivity index (χ2n) is 5.29. The van der Waals surface area contributed by atoms with Crippen molar-refractivity contribution in [2.45, 2.75) is 18.9 Å². The van der Waals surface area contributed by atoms with E-state index in [9.17, 15) is 13.2 Å². The molecule has 122 valence electrons.